The van der Waals surface area contributed by atoms with E-state index in [0.717, 1.165) is 22.7 Å². The third kappa shape index (κ3) is 5.50. The predicted octanol–water partition coefficient (Wildman–Crippen LogP) is 3.63. The first-order chi connectivity index (χ1) is 11.1. The number of esters is 2. The van der Waals surface area contributed by atoms with E-state index in [0.29, 0.717) is 10.7 Å². The summed E-state index contributed by atoms with van der Waals surface area (Å²) in [5.74, 6) is -1.21. The SMILES string of the molecule is CCOC(=O)/C=C/C(=O)OCc1csc(-c2ccc(Cl)cc2)n1. The van der Waals surface area contributed by atoms with Gasteiger partial charge in [-0.25, -0.2) is 14.6 Å². The van der Waals surface area contributed by atoms with Crippen LogP contribution >= 0.6 is 22.9 Å². The van der Waals surface area contributed by atoms with Crippen LogP contribution in [0.3, 0.4) is 0 Å². The van der Waals surface area contributed by atoms with E-state index in [1.54, 1.807) is 19.1 Å². The number of aromatic nitrogens is 1. The molecule has 0 radical (unpaired) electrons. The molecule has 0 aliphatic carbocycles. The number of benzene rings is 1. The van der Waals surface area contributed by atoms with Crippen molar-refractivity contribution >= 4 is 34.9 Å². The summed E-state index contributed by atoms with van der Waals surface area (Å²) < 4.78 is 9.68. The summed E-state index contributed by atoms with van der Waals surface area (Å²) in [6.45, 7) is 1.98. The lowest BCUT2D eigenvalue weighted by atomic mass is 10.2. The Kier molecular flexibility index (Phi) is 6.31. The maximum atomic E-state index is 11.5. The Bertz CT molecular complexity index is 709. The third-order valence-electron chi connectivity index (χ3n) is 2.65. The average Bonchev–Trinajstić information content (AvgIpc) is 3.01. The van der Waals surface area contributed by atoms with E-state index in [2.05, 4.69) is 9.72 Å². The zero-order chi connectivity index (χ0) is 16.7. The molecule has 1 aromatic carbocycles. The van der Waals surface area contributed by atoms with Crippen LogP contribution in [0.1, 0.15) is 12.6 Å². The highest BCUT2D eigenvalue weighted by Crippen LogP contribution is 2.25. The Balaban J connectivity index is 1.88. The summed E-state index contributed by atoms with van der Waals surface area (Å²) in [5.41, 5.74) is 1.58. The van der Waals surface area contributed by atoms with Gasteiger partial charge < -0.3 is 9.47 Å². The molecule has 23 heavy (non-hydrogen) atoms. The molecule has 0 bridgehead atoms. The van der Waals surface area contributed by atoms with Crippen LogP contribution < -0.4 is 0 Å². The summed E-state index contributed by atoms with van der Waals surface area (Å²) in [5, 5.41) is 3.29. The predicted molar refractivity (Wildman–Crippen MR) is 88.1 cm³/mol. The van der Waals surface area contributed by atoms with E-state index in [9.17, 15) is 9.59 Å². The lowest BCUT2D eigenvalue weighted by molar-refractivity contribution is -0.141. The molecule has 0 atom stereocenters. The quantitative estimate of drug-likeness (QED) is 0.587. The van der Waals surface area contributed by atoms with Crippen molar-refractivity contribution in [1.29, 1.82) is 0 Å². The molecule has 2 aromatic rings. The number of carbonyl (C=O) groups excluding carboxylic acids is 2. The summed E-state index contributed by atoms with van der Waals surface area (Å²) in [7, 11) is 0. The Morgan fingerprint density at radius 2 is 1.83 bits per heavy atom. The van der Waals surface area contributed by atoms with Crippen LogP contribution in [0.4, 0.5) is 0 Å². The second-order valence-corrected chi connectivity index (χ2v) is 5.64. The van der Waals surface area contributed by atoms with Crippen molar-refractivity contribution in [2.75, 3.05) is 6.61 Å². The molecule has 0 fully saturated rings. The number of carbonyl (C=O) groups is 2. The van der Waals surface area contributed by atoms with Crippen molar-refractivity contribution in [1.82, 2.24) is 4.98 Å². The third-order valence-corrected chi connectivity index (χ3v) is 3.84. The minimum absolute atomic E-state index is 0.0378. The standard InChI is InChI=1S/C16H14ClNO4S/c1-2-21-14(19)7-8-15(20)22-9-13-10-23-16(18-13)11-3-5-12(17)6-4-11/h3-8,10H,2,9H2,1H3/b8-7+. The Hall–Kier alpha value is -2.18. The summed E-state index contributed by atoms with van der Waals surface area (Å²) >= 11 is 7.29. The van der Waals surface area contributed by atoms with E-state index >= 15 is 0 Å². The van der Waals surface area contributed by atoms with Crippen molar-refractivity contribution in [3.8, 4) is 10.6 Å². The van der Waals surface area contributed by atoms with Crippen LogP contribution in [0, 0.1) is 0 Å². The number of rotatable bonds is 6. The van der Waals surface area contributed by atoms with Gasteiger partial charge in [-0.3, -0.25) is 0 Å². The van der Waals surface area contributed by atoms with Crippen LogP contribution in [0.5, 0.6) is 0 Å². The van der Waals surface area contributed by atoms with E-state index in [1.807, 2.05) is 17.5 Å². The Labute approximate surface area is 142 Å². The normalized spacial score (nSPS) is 10.7. The molecule has 120 valence electrons. The van der Waals surface area contributed by atoms with Crippen LogP contribution in [0.25, 0.3) is 10.6 Å². The molecule has 0 aliphatic heterocycles. The highest BCUT2D eigenvalue weighted by molar-refractivity contribution is 7.13. The molecular formula is C16H14ClNO4S. The summed E-state index contributed by atoms with van der Waals surface area (Å²) in [4.78, 5) is 26.9. The number of hydrogen-bond donors (Lipinski definition) is 0. The number of hydrogen-bond acceptors (Lipinski definition) is 6. The van der Waals surface area contributed by atoms with Crippen molar-refractivity contribution in [2.45, 2.75) is 13.5 Å². The van der Waals surface area contributed by atoms with E-state index in [4.69, 9.17) is 16.3 Å². The number of ether oxygens (including phenoxy) is 2. The fourth-order valence-corrected chi connectivity index (χ4v) is 2.55. The molecule has 0 aliphatic rings. The van der Waals surface area contributed by atoms with Gasteiger partial charge in [-0.1, -0.05) is 23.7 Å². The lowest BCUT2D eigenvalue weighted by Gasteiger charge is -1.99. The smallest absolute Gasteiger partial charge is 0.331 e. The van der Waals surface area contributed by atoms with Gasteiger partial charge in [-0.2, -0.15) is 0 Å². The molecule has 1 aromatic heterocycles. The topological polar surface area (TPSA) is 65.5 Å². The van der Waals surface area contributed by atoms with Crippen molar-refractivity contribution in [3.05, 3.63) is 52.5 Å². The molecular weight excluding hydrogens is 338 g/mol. The second kappa shape index (κ2) is 8.45. The van der Waals surface area contributed by atoms with E-state index < -0.39 is 11.9 Å². The molecule has 0 amide bonds. The minimum atomic E-state index is -0.626. The molecule has 7 heteroatoms. The fraction of sp³-hybridized carbons (Fsp3) is 0.188. The van der Waals surface area contributed by atoms with Crippen LogP contribution in [0.2, 0.25) is 5.02 Å². The average molecular weight is 352 g/mol. The highest BCUT2D eigenvalue weighted by Gasteiger charge is 2.07. The van der Waals surface area contributed by atoms with E-state index in [-0.39, 0.29) is 13.2 Å². The molecule has 1 heterocycles. The van der Waals surface area contributed by atoms with Gasteiger partial charge in [-0.05, 0) is 19.1 Å². The molecule has 0 spiro atoms. The first-order valence-electron chi connectivity index (χ1n) is 6.80. The van der Waals surface area contributed by atoms with Gasteiger partial charge >= 0.3 is 11.9 Å². The van der Waals surface area contributed by atoms with Crippen molar-refractivity contribution in [2.24, 2.45) is 0 Å². The summed E-state index contributed by atoms with van der Waals surface area (Å²) in [6, 6.07) is 7.33. The lowest BCUT2D eigenvalue weighted by Crippen LogP contribution is -2.04. The minimum Gasteiger partial charge on any atom is -0.463 e. The van der Waals surface area contributed by atoms with Gasteiger partial charge in [0.2, 0.25) is 0 Å². The fourth-order valence-electron chi connectivity index (χ4n) is 1.62. The van der Waals surface area contributed by atoms with Crippen molar-refractivity contribution in [3.63, 3.8) is 0 Å². The molecule has 0 N–H and O–H groups in total. The molecule has 2 rings (SSSR count). The van der Waals surface area contributed by atoms with Gasteiger partial charge in [-0.15, -0.1) is 11.3 Å². The van der Waals surface area contributed by atoms with Gasteiger partial charge in [0.05, 0.1) is 12.3 Å². The maximum absolute atomic E-state index is 11.5. The highest BCUT2D eigenvalue weighted by atomic mass is 35.5. The Morgan fingerprint density at radius 1 is 1.17 bits per heavy atom. The summed E-state index contributed by atoms with van der Waals surface area (Å²) in [6.07, 6.45) is 2.07. The van der Waals surface area contributed by atoms with Crippen LogP contribution in [-0.2, 0) is 25.7 Å². The number of nitrogens with zero attached hydrogens (tertiary/aromatic N) is 1. The number of halogens is 1. The van der Waals surface area contributed by atoms with Gasteiger partial charge in [0.25, 0.3) is 0 Å². The first-order valence-corrected chi connectivity index (χ1v) is 8.06. The molecule has 5 nitrogen and oxygen atoms in total. The van der Waals surface area contributed by atoms with Gasteiger partial charge in [0, 0.05) is 28.1 Å². The maximum Gasteiger partial charge on any atom is 0.331 e. The van der Waals surface area contributed by atoms with Gasteiger partial charge in [0.15, 0.2) is 0 Å². The molecule has 0 saturated heterocycles. The Morgan fingerprint density at radius 3 is 2.48 bits per heavy atom. The molecule has 0 unspecified atom stereocenters. The van der Waals surface area contributed by atoms with Crippen LogP contribution in [0.15, 0.2) is 41.8 Å². The van der Waals surface area contributed by atoms with Crippen LogP contribution in [-0.4, -0.2) is 23.5 Å². The first kappa shape index (κ1) is 17.2. The zero-order valence-electron chi connectivity index (χ0n) is 12.3. The number of thiazole rings is 1. The van der Waals surface area contributed by atoms with E-state index in [1.165, 1.54) is 11.3 Å². The molecule has 0 saturated carbocycles. The van der Waals surface area contributed by atoms with Gasteiger partial charge in [0.1, 0.15) is 11.6 Å². The second-order valence-electron chi connectivity index (χ2n) is 4.34. The zero-order valence-corrected chi connectivity index (χ0v) is 13.9. The largest absolute Gasteiger partial charge is 0.463 e. The monoisotopic (exact) mass is 351 g/mol. The van der Waals surface area contributed by atoms with Crippen molar-refractivity contribution < 1.29 is 19.1 Å².